The third-order valence-corrected chi connectivity index (χ3v) is 5.19. The van der Waals surface area contributed by atoms with Gasteiger partial charge in [-0.3, -0.25) is 4.79 Å². The van der Waals surface area contributed by atoms with Gasteiger partial charge in [-0.05, 0) is 56.3 Å². The number of amides is 1. The summed E-state index contributed by atoms with van der Waals surface area (Å²) in [6, 6.07) is 8.32. The van der Waals surface area contributed by atoms with Crippen LogP contribution in [0.5, 0.6) is 5.75 Å². The third kappa shape index (κ3) is 6.61. The zero-order valence-corrected chi connectivity index (χ0v) is 16.6. The van der Waals surface area contributed by atoms with E-state index in [0.717, 1.165) is 44.9 Å². The Labute approximate surface area is 158 Å². The van der Waals surface area contributed by atoms with Crippen molar-refractivity contribution in [2.75, 3.05) is 53.6 Å². The Morgan fingerprint density at radius 1 is 1.35 bits per heavy atom. The average molecular weight is 363 g/mol. The van der Waals surface area contributed by atoms with E-state index in [2.05, 4.69) is 30.0 Å². The highest BCUT2D eigenvalue weighted by Crippen LogP contribution is 2.19. The molecular formula is C21H34N2O3. The maximum Gasteiger partial charge on any atom is 0.224 e. The van der Waals surface area contributed by atoms with Crippen LogP contribution in [0.3, 0.4) is 0 Å². The first-order valence-electron chi connectivity index (χ1n) is 9.78. The van der Waals surface area contributed by atoms with Gasteiger partial charge in [0.25, 0.3) is 0 Å². The van der Waals surface area contributed by atoms with Gasteiger partial charge in [-0.15, -0.1) is 0 Å². The molecule has 1 saturated heterocycles. The van der Waals surface area contributed by atoms with Crippen LogP contribution in [-0.4, -0.2) is 69.3 Å². The molecule has 0 unspecified atom stereocenters. The summed E-state index contributed by atoms with van der Waals surface area (Å²) < 4.78 is 10.4. The summed E-state index contributed by atoms with van der Waals surface area (Å²) in [5.41, 5.74) is 1.32. The van der Waals surface area contributed by atoms with Gasteiger partial charge in [0.15, 0.2) is 0 Å². The first-order valence-corrected chi connectivity index (χ1v) is 9.78. The molecule has 0 saturated carbocycles. The maximum atomic E-state index is 12.3. The van der Waals surface area contributed by atoms with E-state index in [9.17, 15) is 4.79 Å². The maximum absolute atomic E-state index is 12.3. The van der Waals surface area contributed by atoms with Gasteiger partial charge in [-0.25, -0.2) is 0 Å². The Kier molecular flexibility index (Phi) is 8.92. The number of ether oxygens (including phenoxy) is 2. The summed E-state index contributed by atoms with van der Waals surface area (Å²) in [5, 5.41) is 0. The minimum atomic E-state index is 0.211. The van der Waals surface area contributed by atoms with E-state index in [1.807, 2.05) is 11.0 Å². The summed E-state index contributed by atoms with van der Waals surface area (Å²) >= 11 is 0. The van der Waals surface area contributed by atoms with E-state index in [4.69, 9.17) is 9.47 Å². The van der Waals surface area contributed by atoms with Crippen LogP contribution in [0.2, 0.25) is 0 Å². The first kappa shape index (κ1) is 20.7. The van der Waals surface area contributed by atoms with Crippen molar-refractivity contribution in [2.45, 2.75) is 32.6 Å². The number of piperidine rings is 1. The van der Waals surface area contributed by atoms with Crippen molar-refractivity contribution in [1.82, 2.24) is 9.80 Å². The number of carbonyl (C=O) groups is 1. The van der Waals surface area contributed by atoms with Gasteiger partial charge in [0.2, 0.25) is 5.91 Å². The summed E-state index contributed by atoms with van der Waals surface area (Å²) in [4.78, 5) is 16.8. The molecule has 0 N–H and O–H groups in total. The molecule has 0 bridgehead atoms. The van der Waals surface area contributed by atoms with Crippen LogP contribution < -0.4 is 4.74 Å². The second kappa shape index (κ2) is 11.2. The summed E-state index contributed by atoms with van der Waals surface area (Å²) in [7, 11) is 3.35. The van der Waals surface area contributed by atoms with E-state index >= 15 is 0 Å². The highest BCUT2D eigenvalue weighted by Gasteiger charge is 2.23. The monoisotopic (exact) mass is 362 g/mol. The van der Waals surface area contributed by atoms with E-state index in [1.54, 1.807) is 14.2 Å². The molecule has 5 heteroatoms. The number of rotatable bonds is 10. The molecule has 1 fully saturated rings. The SMILES string of the molecule is CCN(C[C@@H]1CCCN(CCc2cccc(OC)c2)C1)C(=O)CCOC. The second-order valence-corrected chi connectivity index (χ2v) is 7.09. The predicted octanol–water partition coefficient (Wildman–Crippen LogP) is 2.83. The Morgan fingerprint density at radius 3 is 2.92 bits per heavy atom. The highest BCUT2D eigenvalue weighted by atomic mass is 16.5. The van der Waals surface area contributed by atoms with Crippen LogP contribution in [0.15, 0.2) is 24.3 Å². The zero-order valence-electron chi connectivity index (χ0n) is 16.6. The molecule has 2 rings (SSSR count). The molecule has 5 nitrogen and oxygen atoms in total. The molecule has 0 spiro atoms. The topological polar surface area (TPSA) is 42.0 Å². The van der Waals surface area contributed by atoms with Gasteiger partial charge < -0.3 is 19.3 Å². The Bertz CT molecular complexity index is 550. The molecule has 0 aliphatic carbocycles. The Hall–Kier alpha value is -1.59. The lowest BCUT2D eigenvalue weighted by Gasteiger charge is -2.35. The molecule has 1 aliphatic rings. The van der Waals surface area contributed by atoms with Gasteiger partial charge in [0.05, 0.1) is 20.1 Å². The van der Waals surface area contributed by atoms with Crippen molar-refractivity contribution in [3.63, 3.8) is 0 Å². The first-order chi connectivity index (χ1) is 12.7. The quantitative estimate of drug-likeness (QED) is 0.642. The molecule has 0 aromatic heterocycles. The minimum absolute atomic E-state index is 0.211. The minimum Gasteiger partial charge on any atom is -0.497 e. The fraction of sp³-hybridized carbons (Fsp3) is 0.667. The van der Waals surface area contributed by atoms with Crippen molar-refractivity contribution in [2.24, 2.45) is 5.92 Å². The predicted molar refractivity (Wildman–Crippen MR) is 105 cm³/mol. The lowest BCUT2D eigenvalue weighted by atomic mass is 9.96. The van der Waals surface area contributed by atoms with Crippen molar-refractivity contribution >= 4 is 5.91 Å². The van der Waals surface area contributed by atoms with E-state index in [1.165, 1.54) is 18.4 Å². The Balaban J connectivity index is 1.81. The summed E-state index contributed by atoms with van der Waals surface area (Å²) in [5.74, 6) is 1.70. The molecule has 1 aliphatic heterocycles. The molecule has 146 valence electrons. The van der Waals surface area contributed by atoms with Crippen LogP contribution in [0.1, 0.15) is 31.7 Å². The van der Waals surface area contributed by atoms with Gasteiger partial charge >= 0.3 is 0 Å². The van der Waals surface area contributed by atoms with Crippen molar-refractivity contribution < 1.29 is 14.3 Å². The number of hydrogen-bond donors (Lipinski definition) is 0. The molecule has 1 aromatic carbocycles. The normalized spacial score (nSPS) is 17.9. The van der Waals surface area contributed by atoms with Crippen molar-refractivity contribution in [3.05, 3.63) is 29.8 Å². The van der Waals surface area contributed by atoms with Crippen LogP contribution in [-0.2, 0) is 16.0 Å². The van der Waals surface area contributed by atoms with E-state index in [0.29, 0.717) is 18.9 Å². The molecule has 1 heterocycles. The van der Waals surface area contributed by atoms with Gasteiger partial charge in [0, 0.05) is 33.3 Å². The van der Waals surface area contributed by atoms with Crippen LogP contribution in [0.4, 0.5) is 0 Å². The van der Waals surface area contributed by atoms with Gasteiger partial charge in [-0.1, -0.05) is 12.1 Å². The lowest BCUT2D eigenvalue weighted by Crippen LogP contribution is -2.43. The third-order valence-electron chi connectivity index (χ3n) is 5.19. The number of likely N-dealkylation sites (tertiary alicyclic amines) is 1. The van der Waals surface area contributed by atoms with Crippen molar-refractivity contribution in [3.8, 4) is 5.75 Å². The molecule has 1 atom stereocenters. The number of methoxy groups -OCH3 is 2. The van der Waals surface area contributed by atoms with E-state index in [-0.39, 0.29) is 5.91 Å². The van der Waals surface area contributed by atoms with Gasteiger partial charge in [0.1, 0.15) is 5.75 Å². The average Bonchev–Trinajstić information content (AvgIpc) is 2.69. The zero-order chi connectivity index (χ0) is 18.8. The fourth-order valence-corrected chi connectivity index (χ4v) is 3.69. The number of carbonyl (C=O) groups excluding carboxylic acids is 1. The Morgan fingerprint density at radius 2 is 2.19 bits per heavy atom. The standard InChI is InChI=1S/C21H34N2O3/c1-4-23(21(24)11-14-25-2)17-19-8-6-12-22(16-19)13-10-18-7-5-9-20(15-18)26-3/h5,7,9,15,19H,4,6,8,10-14,16-17H2,1-3H3/t19-/m1/s1. The lowest BCUT2D eigenvalue weighted by molar-refractivity contribution is -0.132. The van der Waals surface area contributed by atoms with Gasteiger partial charge in [-0.2, -0.15) is 0 Å². The fourth-order valence-electron chi connectivity index (χ4n) is 3.69. The second-order valence-electron chi connectivity index (χ2n) is 7.09. The van der Waals surface area contributed by atoms with Crippen LogP contribution in [0.25, 0.3) is 0 Å². The van der Waals surface area contributed by atoms with Crippen LogP contribution >= 0.6 is 0 Å². The number of nitrogens with zero attached hydrogens (tertiary/aromatic N) is 2. The molecule has 1 aromatic rings. The largest absolute Gasteiger partial charge is 0.497 e. The number of hydrogen-bond acceptors (Lipinski definition) is 4. The molecule has 26 heavy (non-hydrogen) atoms. The van der Waals surface area contributed by atoms with Crippen molar-refractivity contribution in [1.29, 1.82) is 0 Å². The highest BCUT2D eigenvalue weighted by molar-refractivity contribution is 5.76. The summed E-state index contributed by atoms with van der Waals surface area (Å²) in [6.07, 6.45) is 3.95. The summed E-state index contributed by atoms with van der Waals surface area (Å²) in [6.45, 7) is 7.52. The molecule has 1 amide bonds. The smallest absolute Gasteiger partial charge is 0.224 e. The molecule has 0 radical (unpaired) electrons. The number of benzene rings is 1. The molecular weight excluding hydrogens is 328 g/mol. The van der Waals surface area contributed by atoms with E-state index < -0.39 is 0 Å². The van der Waals surface area contributed by atoms with Crippen LogP contribution in [0, 0.1) is 5.92 Å².